The lowest BCUT2D eigenvalue weighted by Crippen LogP contribution is -2.05. The quantitative estimate of drug-likeness (QED) is 0.133. The van der Waals surface area contributed by atoms with Gasteiger partial charge in [0.15, 0.2) is 5.69 Å². The number of allylic oxidation sites excluding steroid dienone is 6. The normalized spacial score (nSPS) is 14.2. The average Bonchev–Trinajstić information content (AvgIpc) is 3.77. The fourth-order valence-corrected chi connectivity index (χ4v) is 7.46. The second-order valence-electron chi connectivity index (χ2n) is 13.2. The highest BCUT2D eigenvalue weighted by molar-refractivity contribution is 6.35. The number of rotatable bonds is 4. The fourth-order valence-electron chi connectivity index (χ4n) is 7.46. The standard InChI is InChI=1S/C48H19F3N8/c1-26-5-9-30(10-6-26)39-41(34(22-53)28-15-19-33(57-2)20-16-28)43-37(25-56)42-40(36(24-55)44(43)47(39)59-4)35(23-54)38(29-13-17-32(18-14-29)48(49,50)51)45(42)46(58-3)31-11-7-27(21-52)8-12-31/h5-20H,1H3/b41-34+,46-45-. The van der Waals surface area contributed by atoms with E-state index in [4.69, 9.17) is 19.7 Å². The number of nitriles is 5. The topological polar surface area (TPSA) is 132 Å². The third-order valence-corrected chi connectivity index (χ3v) is 10.0. The van der Waals surface area contributed by atoms with E-state index in [1.807, 2.05) is 13.0 Å². The molecule has 0 heterocycles. The van der Waals surface area contributed by atoms with Gasteiger partial charge >= 0.3 is 6.18 Å². The number of hydrogen-bond acceptors (Lipinski definition) is 5. The summed E-state index contributed by atoms with van der Waals surface area (Å²) in [5.41, 5.74) is 0.770. The molecule has 7 rings (SSSR count). The lowest BCUT2D eigenvalue weighted by Gasteiger charge is -2.19. The summed E-state index contributed by atoms with van der Waals surface area (Å²) >= 11 is 0. The van der Waals surface area contributed by atoms with Crippen LogP contribution in [0.1, 0.15) is 72.3 Å². The van der Waals surface area contributed by atoms with Gasteiger partial charge in [-0.25, -0.2) is 14.5 Å². The molecule has 0 fully saturated rings. The van der Waals surface area contributed by atoms with Crippen LogP contribution in [-0.4, -0.2) is 0 Å². The van der Waals surface area contributed by atoms with Crippen molar-refractivity contribution in [2.75, 3.05) is 0 Å². The number of halogens is 3. The van der Waals surface area contributed by atoms with Crippen molar-refractivity contribution < 1.29 is 13.2 Å². The molecule has 5 aromatic rings. The third-order valence-electron chi connectivity index (χ3n) is 10.0. The van der Waals surface area contributed by atoms with Gasteiger partial charge in [-0.15, -0.1) is 0 Å². The maximum absolute atomic E-state index is 13.8. The Balaban J connectivity index is 1.73. The highest BCUT2D eigenvalue weighted by Crippen LogP contribution is 2.59. The van der Waals surface area contributed by atoms with Crippen LogP contribution in [0.25, 0.3) is 59.4 Å². The number of benzene rings is 5. The fraction of sp³-hybridized carbons (Fsp3) is 0.0417. The predicted molar refractivity (Wildman–Crippen MR) is 214 cm³/mol. The van der Waals surface area contributed by atoms with Crippen molar-refractivity contribution in [3.8, 4) is 30.3 Å². The summed E-state index contributed by atoms with van der Waals surface area (Å²) in [5, 5.41) is 53.8. The lowest BCUT2D eigenvalue weighted by atomic mass is 9.81. The van der Waals surface area contributed by atoms with E-state index in [2.05, 4.69) is 38.8 Å². The molecule has 59 heavy (non-hydrogen) atoms. The van der Waals surface area contributed by atoms with Crippen molar-refractivity contribution in [2.24, 2.45) is 0 Å². The maximum Gasteiger partial charge on any atom is 0.416 e. The predicted octanol–water partition coefficient (Wildman–Crippen LogP) is 11.7. The Kier molecular flexibility index (Phi) is 9.54. The van der Waals surface area contributed by atoms with Crippen LogP contribution in [0.3, 0.4) is 0 Å². The van der Waals surface area contributed by atoms with Crippen LogP contribution in [0.4, 0.5) is 18.9 Å². The van der Waals surface area contributed by atoms with E-state index < -0.39 is 11.7 Å². The lowest BCUT2D eigenvalue weighted by molar-refractivity contribution is -0.137. The van der Waals surface area contributed by atoms with Gasteiger partial charge in [0.2, 0.25) is 11.4 Å². The van der Waals surface area contributed by atoms with Gasteiger partial charge in [-0.3, -0.25) is 0 Å². The Bertz CT molecular complexity index is 3180. The zero-order valence-electron chi connectivity index (χ0n) is 30.4. The van der Waals surface area contributed by atoms with Gasteiger partial charge in [0.1, 0.15) is 18.2 Å². The minimum absolute atomic E-state index is 0.00482. The molecule has 11 heteroatoms. The van der Waals surface area contributed by atoms with Gasteiger partial charge in [0.05, 0.1) is 65.3 Å². The Morgan fingerprint density at radius 1 is 0.576 bits per heavy atom. The molecule has 0 radical (unpaired) electrons. The molecule has 272 valence electrons. The number of hydrogen-bond donors (Lipinski definition) is 0. The Labute approximate surface area is 336 Å². The molecular formula is C48H19F3N8. The number of aryl methyl sites for hydroxylation is 1. The molecule has 5 aromatic carbocycles. The van der Waals surface area contributed by atoms with Gasteiger partial charge < -0.3 is 0 Å². The number of alkyl halides is 3. The zero-order valence-corrected chi connectivity index (χ0v) is 30.4. The van der Waals surface area contributed by atoms with Gasteiger partial charge in [0.25, 0.3) is 0 Å². The van der Waals surface area contributed by atoms with Crippen LogP contribution >= 0.6 is 0 Å². The van der Waals surface area contributed by atoms with Crippen molar-refractivity contribution in [1.82, 2.24) is 0 Å². The van der Waals surface area contributed by atoms with Crippen molar-refractivity contribution in [1.29, 1.82) is 26.3 Å². The van der Waals surface area contributed by atoms with E-state index in [9.17, 15) is 39.5 Å². The van der Waals surface area contributed by atoms with Crippen LogP contribution in [-0.2, 0) is 6.18 Å². The first-order valence-corrected chi connectivity index (χ1v) is 17.3. The summed E-state index contributed by atoms with van der Waals surface area (Å²) in [7, 11) is 0. The molecular weight excluding hydrogens is 746 g/mol. The van der Waals surface area contributed by atoms with E-state index in [1.165, 1.54) is 36.4 Å². The Morgan fingerprint density at radius 2 is 1.14 bits per heavy atom. The van der Waals surface area contributed by atoms with Crippen LogP contribution in [0.5, 0.6) is 0 Å². The molecule has 0 aliphatic heterocycles. The number of nitrogens with zero attached hydrogens (tertiary/aromatic N) is 8. The Morgan fingerprint density at radius 3 is 1.64 bits per heavy atom. The van der Waals surface area contributed by atoms with Crippen LogP contribution < -0.4 is 0 Å². The second-order valence-corrected chi connectivity index (χ2v) is 13.2. The summed E-state index contributed by atoms with van der Waals surface area (Å²) < 4.78 is 41.4. The Hall–Kier alpha value is -9.23. The van der Waals surface area contributed by atoms with Gasteiger partial charge in [-0.2, -0.15) is 39.5 Å². The van der Waals surface area contributed by atoms with Crippen molar-refractivity contribution in [2.45, 2.75) is 13.1 Å². The SMILES string of the molecule is [C-]#[N+]C1=C(c2ccc(C)cc2)/C(=C(/C#N)c2ccc([N+]#[C-])cc2)c2c(C#N)c3c(c(C#N)c21)C(C#N)=C(c1ccc(C(F)(F)F)cc1)/C3=C(/[N+]#[C-])c1ccc(C#N)cc1. The molecule has 0 N–H and O–H groups in total. The van der Waals surface area contributed by atoms with E-state index in [0.29, 0.717) is 11.1 Å². The smallest absolute Gasteiger partial charge is 0.238 e. The molecule has 0 spiro atoms. The van der Waals surface area contributed by atoms with Crippen molar-refractivity contribution in [3.63, 3.8) is 0 Å². The molecule has 2 aliphatic carbocycles. The summed E-state index contributed by atoms with van der Waals surface area (Å²) in [6, 6.07) is 33.7. The summed E-state index contributed by atoms with van der Waals surface area (Å²) in [6.07, 6.45) is -4.70. The molecule has 0 bridgehead atoms. The first-order chi connectivity index (χ1) is 28.5. The molecule has 0 aromatic heterocycles. The van der Waals surface area contributed by atoms with Crippen LogP contribution in [0.2, 0.25) is 0 Å². The molecule has 0 saturated carbocycles. The summed E-state index contributed by atoms with van der Waals surface area (Å²) in [5.74, 6) is 0. The second kappa shape index (κ2) is 14.8. The molecule has 0 amide bonds. The third kappa shape index (κ3) is 6.05. The first kappa shape index (κ1) is 38.1. The largest absolute Gasteiger partial charge is 0.416 e. The molecule has 0 atom stereocenters. The van der Waals surface area contributed by atoms with Crippen molar-refractivity contribution >= 4 is 50.5 Å². The average molecular weight is 765 g/mol. The van der Waals surface area contributed by atoms with E-state index in [0.717, 1.165) is 29.8 Å². The highest BCUT2D eigenvalue weighted by Gasteiger charge is 2.43. The molecule has 0 saturated heterocycles. The molecule has 0 unspecified atom stereocenters. The van der Waals surface area contributed by atoms with Crippen molar-refractivity contribution in [3.05, 3.63) is 204 Å². The van der Waals surface area contributed by atoms with Gasteiger partial charge in [-0.1, -0.05) is 78.4 Å². The molecule has 8 nitrogen and oxygen atoms in total. The first-order valence-electron chi connectivity index (χ1n) is 17.3. The van der Waals surface area contributed by atoms with Gasteiger partial charge in [-0.05, 0) is 81.3 Å². The minimum atomic E-state index is -4.70. The summed E-state index contributed by atoms with van der Waals surface area (Å²) in [6.45, 7) is 26.3. The minimum Gasteiger partial charge on any atom is -0.238 e. The van der Waals surface area contributed by atoms with E-state index in [-0.39, 0.29) is 101 Å². The van der Waals surface area contributed by atoms with Crippen LogP contribution in [0.15, 0.2) is 97.1 Å². The molecule has 2 aliphatic rings. The van der Waals surface area contributed by atoms with E-state index in [1.54, 1.807) is 36.4 Å². The van der Waals surface area contributed by atoms with Gasteiger partial charge in [0, 0.05) is 16.7 Å². The highest BCUT2D eigenvalue weighted by atomic mass is 19.4. The summed E-state index contributed by atoms with van der Waals surface area (Å²) in [4.78, 5) is 11.2. The van der Waals surface area contributed by atoms with Crippen LogP contribution in [0, 0.1) is 83.3 Å². The zero-order chi connectivity index (χ0) is 42.2. The number of fused-ring (bicyclic) bond motifs is 2. The maximum atomic E-state index is 13.8. The van der Waals surface area contributed by atoms with E-state index >= 15 is 0 Å². The monoisotopic (exact) mass is 764 g/mol.